The van der Waals surface area contributed by atoms with Crippen LogP contribution in [0.1, 0.15) is 15.9 Å². The van der Waals surface area contributed by atoms with Crippen LogP contribution < -0.4 is 21.6 Å². The van der Waals surface area contributed by atoms with Crippen molar-refractivity contribution in [3.63, 3.8) is 0 Å². The third-order valence-corrected chi connectivity index (χ3v) is 3.97. The number of benzene rings is 2. The Hall–Kier alpha value is -2.77. The first kappa shape index (κ1) is 19.6. The molecule has 26 heavy (non-hydrogen) atoms. The normalized spacial score (nSPS) is 10.3. The number of halogens is 1. The Morgan fingerprint density at radius 3 is 2.65 bits per heavy atom. The third-order valence-electron chi connectivity index (χ3n) is 3.73. The summed E-state index contributed by atoms with van der Waals surface area (Å²) in [6.07, 6.45) is 0.552. The van der Waals surface area contributed by atoms with Crippen molar-refractivity contribution in [2.75, 3.05) is 25.9 Å². The highest BCUT2D eigenvalue weighted by atomic mass is 35.5. The SMILES string of the molecule is COc1cc(Cl)ccc1CCNC(=O)CN(N)C(=O)c1ccccc1N. The third kappa shape index (κ3) is 5.11. The number of ether oxygens (including phenoxy) is 1. The summed E-state index contributed by atoms with van der Waals surface area (Å²) in [5.41, 5.74) is 7.23. The van der Waals surface area contributed by atoms with Crippen molar-refractivity contribution >= 4 is 29.1 Å². The summed E-state index contributed by atoms with van der Waals surface area (Å²) in [5, 5.41) is 4.13. The van der Waals surface area contributed by atoms with Crippen molar-refractivity contribution in [3.05, 3.63) is 58.6 Å². The first-order chi connectivity index (χ1) is 12.4. The Bertz CT molecular complexity index is 798. The molecule has 7 nitrogen and oxygen atoms in total. The number of nitrogen functional groups attached to an aromatic ring is 1. The standard InChI is InChI=1S/C18H21ClN4O3/c1-26-16-10-13(19)7-6-12(16)8-9-22-17(24)11-23(21)18(25)14-4-2-3-5-15(14)20/h2-7,10H,8-9,11,20-21H2,1H3,(H,22,24). The largest absolute Gasteiger partial charge is 0.496 e. The average Bonchev–Trinajstić information content (AvgIpc) is 2.62. The van der Waals surface area contributed by atoms with Crippen LogP contribution in [0.15, 0.2) is 42.5 Å². The van der Waals surface area contributed by atoms with Gasteiger partial charge in [0.15, 0.2) is 0 Å². The maximum atomic E-state index is 12.2. The fraction of sp³-hybridized carbons (Fsp3) is 0.222. The van der Waals surface area contributed by atoms with Crippen molar-refractivity contribution in [2.24, 2.45) is 5.84 Å². The van der Waals surface area contributed by atoms with Crippen LogP contribution >= 0.6 is 11.6 Å². The van der Waals surface area contributed by atoms with Crippen LogP contribution in [-0.4, -0.2) is 37.0 Å². The molecule has 0 unspecified atom stereocenters. The number of nitrogens with zero attached hydrogens (tertiary/aromatic N) is 1. The van der Waals surface area contributed by atoms with Gasteiger partial charge in [-0.2, -0.15) is 0 Å². The van der Waals surface area contributed by atoms with E-state index in [9.17, 15) is 9.59 Å². The smallest absolute Gasteiger partial charge is 0.270 e. The van der Waals surface area contributed by atoms with E-state index in [1.165, 1.54) is 0 Å². The quantitative estimate of drug-likeness (QED) is 0.294. The molecule has 0 heterocycles. The molecular weight excluding hydrogens is 356 g/mol. The zero-order valence-electron chi connectivity index (χ0n) is 14.4. The van der Waals surface area contributed by atoms with Gasteiger partial charge in [-0.3, -0.25) is 14.6 Å². The molecule has 2 rings (SSSR count). The lowest BCUT2D eigenvalue weighted by atomic mass is 10.1. The molecule has 0 spiro atoms. The van der Waals surface area contributed by atoms with Gasteiger partial charge >= 0.3 is 0 Å². The molecule has 2 amide bonds. The van der Waals surface area contributed by atoms with E-state index in [4.69, 9.17) is 27.9 Å². The molecule has 0 aromatic heterocycles. The molecule has 0 aliphatic carbocycles. The molecule has 0 fully saturated rings. The van der Waals surface area contributed by atoms with Crippen LogP contribution in [0.25, 0.3) is 0 Å². The topological polar surface area (TPSA) is 111 Å². The molecule has 2 aromatic carbocycles. The average molecular weight is 377 g/mol. The number of methoxy groups -OCH3 is 1. The number of hydrogen-bond donors (Lipinski definition) is 3. The van der Waals surface area contributed by atoms with Gasteiger partial charge in [-0.1, -0.05) is 29.8 Å². The zero-order valence-corrected chi connectivity index (χ0v) is 15.1. The fourth-order valence-corrected chi connectivity index (χ4v) is 2.55. The number of anilines is 1. The van der Waals surface area contributed by atoms with Crippen molar-refractivity contribution in [1.82, 2.24) is 10.3 Å². The number of para-hydroxylation sites is 1. The zero-order chi connectivity index (χ0) is 19.1. The first-order valence-electron chi connectivity index (χ1n) is 7.92. The van der Waals surface area contributed by atoms with Crippen molar-refractivity contribution in [3.8, 4) is 5.75 Å². The number of rotatable bonds is 7. The molecule has 0 atom stereocenters. The van der Waals surface area contributed by atoms with E-state index in [2.05, 4.69) is 5.32 Å². The van der Waals surface area contributed by atoms with E-state index in [1.54, 1.807) is 43.5 Å². The van der Waals surface area contributed by atoms with E-state index in [1.807, 2.05) is 6.07 Å². The first-order valence-corrected chi connectivity index (χ1v) is 8.30. The van der Waals surface area contributed by atoms with Crippen molar-refractivity contribution < 1.29 is 14.3 Å². The number of carbonyl (C=O) groups excluding carboxylic acids is 2. The highest BCUT2D eigenvalue weighted by Crippen LogP contribution is 2.23. The molecule has 2 aromatic rings. The summed E-state index contributed by atoms with van der Waals surface area (Å²) in [6, 6.07) is 11.9. The summed E-state index contributed by atoms with van der Waals surface area (Å²) in [6.45, 7) is 0.0945. The van der Waals surface area contributed by atoms with E-state index in [-0.39, 0.29) is 18.0 Å². The van der Waals surface area contributed by atoms with Gasteiger partial charge in [0.05, 0.1) is 12.7 Å². The van der Waals surface area contributed by atoms with Gasteiger partial charge in [0.25, 0.3) is 5.91 Å². The van der Waals surface area contributed by atoms with Gasteiger partial charge in [-0.05, 0) is 36.2 Å². The van der Waals surface area contributed by atoms with Gasteiger partial charge < -0.3 is 15.8 Å². The Balaban J connectivity index is 1.85. The van der Waals surface area contributed by atoms with Crippen LogP contribution in [0.3, 0.4) is 0 Å². The molecule has 8 heteroatoms. The van der Waals surface area contributed by atoms with E-state index in [0.29, 0.717) is 29.4 Å². The molecule has 0 aliphatic rings. The highest BCUT2D eigenvalue weighted by molar-refractivity contribution is 6.30. The monoisotopic (exact) mass is 376 g/mol. The number of amides is 2. The molecule has 5 N–H and O–H groups in total. The number of hydrazine groups is 1. The predicted molar refractivity (Wildman–Crippen MR) is 101 cm³/mol. The van der Waals surface area contributed by atoms with Crippen molar-refractivity contribution in [2.45, 2.75) is 6.42 Å². The molecule has 0 radical (unpaired) electrons. The second-order valence-electron chi connectivity index (χ2n) is 5.58. The van der Waals surface area contributed by atoms with Crippen molar-refractivity contribution in [1.29, 1.82) is 0 Å². The Kier molecular flexibility index (Phi) is 6.82. The van der Waals surface area contributed by atoms with Gasteiger partial charge in [-0.15, -0.1) is 0 Å². The van der Waals surface area contributed by atoms with Gasteiger partial charge in [0.2, 0.25) is 5.91 Å². The maximum absolute atomic E-state index is 12.2. The van der Waals surface area contributed by atoms with Crippen LogP contribution in [0.2, 0.25) is 5.02 Å². The summed E-state index contributed by atoms with van der Waals surface area (Å²) >= 11 is 5.92. The van der Waals surface area contributed by atoms with Crippen LogP contribution in [0, 0.1) is 0 Å². The van der Waals surface area contributed by atoms with E-state index in [0.717, 1.165) is 10.6 Å². The van der Waals surface area contributed by atoms with E-state index < -0.39 is 5.91 Å². The molecule has 0 aliphatic heterocycles. The second kappa shape index (κ2) is 9.07. The summed E-state index contributed by atoms with van der Waals surface area (Å²) in [7, 11) is 1.56. The molecule has 0 bridgehead atoms. The number of nitrogens with two attached hydrogens (primary N) is 2. The predicted octanol–water partition coefficient (Wildman–Crippen LogP) is 1.61. The highest BCUT2D eigenvalue weighted by Gasteiger charge is 2.17. The summed E-state index contributed by atoms with van der Waals surface area (Å²) in [4.78, 5) is 24.2. The lowest BCUT2D eigenvalue weighted by Gasteiger charge is -2.17. The van der Waals surface area contributed by atoms with Gasteiger partial charge in [0.1, 0.15) is 12.3 Å². The Labute approximate surface area is 156 Å². The van der Waals surface area contributed by atoms with Crippen LogP contribution in [-0.2, 0) is 11.2 Å². The molecule has 0 saturated heterocycles. The minimum Gasteiger partial charge on any atom is -0.496 e. The summed E-state index contributed by atoms with van der Waals surface area (Å²) < 4.78 is 5.26. The number of nitrogens with one attached hydrogen (secondary N) is 1. The molecule has 0 saturated carbocycles. The number of carbonyl (C=O) groups is 2. The Morgan fingerprint density at radius 1 is 1.23 bits per heavy atom. The lowest BCUT2D eigenvalue weighted by Crippen LogP contribution is -2.45. The molecule has 138 valence electrons. The van der Waals surface area contributed by atoms with Gasteiger partial charge in [-0.25, -0.2) is 5.84 Å². The van der Waals surface area contributed by atoms with Crippen LogP contribution in [0.5, 0.6) is 5.75 Å². The maximum Gasteiger partial charge on any atom is 0.270 e. The van der Waals surface area contributed by atoms with Gasteiger partial charge in [0, 0.05) is 17.3 Å². The minimum atomic E-state index is -0.516. The fourth-order valence-electron chi connectivity index (χ4n) is 2.39. The minimum absolute atomic E-state index is 0.258. The Morgan fingerprint density at radius 2 is 1.96 bits per heavy atom. The molecular formula is C18H21ClN4O3. The van der Waals surface area contributed by atoms with Crippen LogP contribution in [0.4, 0.5) is 5.69 Å². The van der Waals surface area contributed by atoms with E-state index >= 15 is 0 Å². The second-order valence-corrected chi connectivity index (χ2v) is 6.01. The number of hydrogen-bond acceptors (Lipinski definition) is 5. The lowest BCUT2D eigenvalue weighted by molar-refractivity contribution is -0.121. The summed E-state index contributed by atoms with van der Waals surface area (Å²) in [5.74, 6) is 5.46.